The Kier molecular flexibility index (Phi) is 7.02. The molecule has 112 valence electrons. The smallest absolute Gasteiger partial charge is 0.220 e. The van der Waals surface area contributed by atoms with Gasteiger partial charge in [-0.05, 0) is 51.0 Å². The van der Waals surface area contributed by atoms with E-state index in [9.17, 15) is 4.79 Å². The maximum Gasteiger partial charge on any atom is 0.220 e. The summed E-state index contributed by atoms with van der Waals surface area (Å²) in [7, 11) is 0. The number of halogens is 1. The second-order valence-electron chi connectivity index (χ2n) is 5.52. The molecule has 0 saturated carbocycles. The van der Waals surface area contributed by atoms with Gasteiger partial charge in [-0.3, -0.25) is 4.79 Å². The van der Waals surface area contributed by atoms with Crippen LogP contribution < -0.4 is 15.8 Å². The first kappa shape index (κ1) is 17.0. The molecule has 0 aromatic heterocycles. The van der Waals surface area contributed by atoms with Crippen molar-refractivity contribution in [2.75, 3.05) is 13.2 Å². The Morgan fingerprint density at radius 1 is 1.30 bits per heavy atom. The Balaban J connectivity index is 2.07. The Bertz CT molecular complexity index is 413. The van der Waals surface area contributed by atoms with Crippen molar-refractivity contribution in [3.8, 4) is 5.75 Å². The molecule has 0 bridgehead atoms. The van der Waals surface area contributed by atoms with Gasteiger partial charge in [0.15, 0.2) is 0 Å². The van der Waals surface area contributed by atoms with Crippen LogP contribution in [0.15, 0.2) is 28.7 Å². The van der Waals surface area contributed by atoms with Crippen molar-refractivity contribution in [2.45, 2.75) is 38.6 Å². The SMILES string of the molecule is CC(C)(N)CNC(=O)CCCCOc1ccc(Br)cc1. The standard InChI is InChI=1S/C15H23BrN2O2/c1-15(2,17)11-18-14(19)5-3-4-10-20-13-8-6-12(16)7-9-13/h6-9H,3-5,10-11,17H2,1-2H3,(H,18,19). The molecule has 0 unspecified atom stereocenters. The first-order chi connectivity index (χ1) is 9.37. The Hall–Kier alpha value is -1.07. The molecular weight excluding hydrogens is 320 g/mol. The highest BCUT2D eigenvalue weighted by Gasteiger charge is 2.11. The second-order valence-corrected chi connectivity index (χ2v) is 6.44. The predicted molar refractivity (Wildman–Crippen MR) is 84.8 cm³/mol. The summed E-state index contributed by atoms with van der Waals surface area (Å²) in [5.41, 5.74) is 5.44. The van der Waals surface area contributed by atoms with Gasteiger partial charge in [-0.15, -0.1) is 0 Å². The van der Waals surface area contributed by atoms with Crippen molar-refractivity contribution in [3.05, 3.63) is 28.7 Å². The van der Waals surface area contributed by atoms with Gasteiger partial charge in [0.25, 0.3) is 0 Å². The van der Waals surface area contributed by atoms with Gasteiger partial charge in [0.1, 0.15) is 5.75 Å². The molecule has 1 aromatic carbocycles. The summed E-state index contributed by atoms with van der Waals surface area (Å²) in [6, 6.07) is 7.72. The van der Waals surface area contributed by atoms with Gasteiger partial charge in [-0.25, -0.2) is 0 Å². The van der Waals surface area contributed by atoms with E-state index in [0.717, 1.165) is 23.1 Å². The number of nitrogens with two attached hydrogens (primary N) is 1. The molecule has 0 fully saturated rings. The minimum absolute atomic E-state index is 0.0483. The van der Waals surface area contributed by atoms with Crippen molar-refractivity contribution in [1.82, 2.24) is 5.32 Å². The van der Waals surface area contributed by atoms with Gasteiger partial charge in [-0.1, -0.05) is 15.9 Å². The molecule has 20 heavy (non-hydrogen) atoms. The summed E-state index contributed by atoms with van der Waals surface area (Å²) in [4.78, 5) is 11.5. The number of unbranched alkanes of at least 4 members (excludes halogenated alkanes) is 1. The van der Waals surface area contributed by atoms with Crippen LogP contribution in [-0.4, -0.2) is 24.6 Å². The molecule has 0 atom stereocenters. The average Bonchev–Trinajstić information content (AvgIpc) is 2.37. The first-order valence-corrected chi connectivity index (χ1v) is 7.60. The van der Waals surface area contributed by atoms with Crippen LogP contribution in [0.2, 0.25) is 0 Å². The lowest BCUT2D eigenvalue weighted by molar-refractivity contribution is -0.121. The lowest BCUT2D eigenvalue weighted by Crippen LogP contribution is -2.45. The molecule has 0 heterocycles. The van der Waals surface area contributed by atoms with Crippen LogP contribution in [0.4, 0.5) is 0 Å². The molecule has 0 aliphatic carbocycles. The van der Waals surface area contributed by atoms with Crippen LogP contribution >= 0.6 is 15.9 Å². The van der Waals surface area contributed by atoms with E-state index in [0.29, 0.717) is 19.6 Å². The van der Waals surface area contributed by atoms with Gasteiger partial charge in [-0.2, -0.15) is 0 Å². The average molecular weight is 343 g/mol. The van der Waals surface area contributed by atoms with Crippen molar-refractivity contribution >= 4 is 21.8 Å². The third-order valence-corrected chi connectivity index (χ3v) is 3.15. The highest BCUT2D eigenvalue weighted by molar-refractivity contribution is 9.10. The van der Waals surface area contributed by atoms with Crippen LogP contribution in [-0.2, 0) is 4.79 Å². The summed E-state index contributed by atoms with van der Waals surface area (Å²) in [6.07, 6.45) is 2.18. The molecule has 0 radical (unpaired) electrons. The monoisotopic (exact) mass is 342 g/mol. The minimum atomic E-state index is -0.361. The van der Waals surface area contributed by atoms with E-state index in [1.165, 1.54) is 0 Å². The number of carbonyl (C=O) groups excluding carboxylic acids is 1. The van der Waals surface area contributed by atoms with Crippen molar-refractivity contribution in [3.63, 3.8) is 0 Å². The first-order valence-electron chi connectivity index (χ1n) is 6.81. The zero-order valence-corrected chi connectivity index (χ0v) is 13.7. The zero-order chi connectivity index (χ0) is 15.0. The Labute approximate surface area is 129 Å². The summed E-state index contributed by atoms with van der Waals surface area (Å²) < 4.78 is 6.62. The number of carbonyl (C=O) groups is 1. The summed E-state index contributed by atoms with van der Waals surface area (Å²) >= 11 is 3.37. The Morgan fingerprint density at radius 3 is 2.55 bits per heavy atom. The van der Waals surface area contributed by atoms with Crippen LogP contribution in [0.3, 0.4) is 0 Å². The van der Waals surface area contributed by atoms with Crippen molar-refractivity contribution in [1.29, 1.82) is 0 Å². The highest BCUT2D eigenvalue weighted by Crippen LogP contribution is 2.16. The fourth-order valence-corrected chi connectivity index (χ4v) is 1.79. The molecule has 0 saturated heterocycles. The van der Waals surface area contributed by atoms with E-state index >= 15 is 0 Å². The van der Waals surface area contributed by atoms with Crippen LogP contribution in [0, 0.1) is 0 Å². The number of benzene rings is 1. The number of hydrogen-bond donors (Lipinski definition) is 2. The molecule has 1 rings (SSSR count). The van der Waals surface area contributed by atoms with Crippen molar-refractivity contribution in [2.24, 2.45) is 5.73 Å². The molecule has 4 nitrogen and oxygen atoms in total. The summed E-state index contributed by atoms with van der Waals surface area (Å²) in [5.74, 6) is 0.898. The molecule has 0 aliphatic rings. The zero-order valence-electron chi connectivity index (χ0n) is 12.1. The van der Waals surface area contributed by atoms with Crippen LogP contribution in [0.5, 0.6) is 5.75 Å². The fraction of sp³-hybridized carbons (Fsp3) is 0.533. The Morgan fingerprint density at radius 2 is 1.95 bits per heavy atom. The lowest BCUT2D eigenvalue weighted by Gasteiger charge is -2.18. The summed E-state index contributed by atoms with van der Waals surface area (Å²) in [5, 5.41) is 2.83. The largest absolute Gasteiger partial charge is 0.494 e. The molecule has 0 spiro atoms. The second kappa shape index (κ2) is 8.27. The van der Waals surface area contributed by atoms with Crippen LogP contribution in [0.25, 0.3) is 0 Å². The third-order valence-electron chi connectivity index (χ3n) is 2.62. The van der Waals surface area contributed by atoms with E-state index in [1.807, 2.05) is 38.1 Å². The van der Waals surface area contributed by atoms with Crippen LogP contribution in [0.1, 0.15) is 33.1 Å². The van der Waals surface area contributed by atoms with E-state index in [2.05, 4.69) is 21.2 Å². The maximum absolute atomic E-state index is 11.5. The van der Waals surface area contributed by atoms with E-state index < -0.39 is 0 Å². The van der Waals surface area contributed by atoms with E-state index in [4.69, 9.17) is 10.5 Å². The topological polar surface area (TPSA) is 64.3 Å². The number of ether oxygens (including phenoxy) is 1. The van der Waals surface area contributed by atoms with Gasteiger partial charge >= 0.3 is 0 Å². The summed E-state index contributed by atoms with van der Waals surface area (Å²) in [6.45, 7) is 4.90. The van der Waals surface area contributed by atoms with E-state index in [1.54, 1.807) is 0 Å². The number of hydrogen-bond acceptors (Lipinski definition) is 3. The highest BCUT2D eigenvalue weighted by atomic mass is 79.9. The van der Waals surface area contributed by atoms with E-state index in [-0.39, 0.29) is 11.4 Å². The number of nitrogens with one attached hydrogen (secondary N) is 1. The van der Waals surface area contributed by atoms with Gasteiger partial charge < -0.3 is 15.8 Å². The molecular formula is C15H23BrN2O2. The van der Waals surface area contributed by atoms with Gasteiger partial charge in [0, 0.05) is 23.0 Å². The number of amides is 1. The van der Waals surface area contributed by atoms with Gasteiger partial charge in [0.2, 0.25) is 5.91 Å². The fourth-order valence-electron chi connectivity index (χ4n) is 1.52. The molecule has 5 heteroatoms. The molecule has 0 aliphatic heterocycles. The lowest BCUT2D eigenvalue weighted by atomic mass is 10.1. The normalized spacial score (nSPS) is 11.2. The minimum Gasteiger partial charge on any atom is -0.494 e. The van der Waals surface area contributed by atoms with Gasteiger partial charge in [0.05, 0.1) is 6.61 Å². The number of rotatable bonds is 8. The molecule has 3 N–H and O–H groups in total. The predicted octanol–water partition coefficient (Wildman–Crippen LogP) is 2.85. The third kappa shape index (κ3) is 8.17. The molecule has 1 aromatic rings. The molecule has 1 amide bonds. The quantitative estimate of drug-likeness (QED) is 0.714. The maximum atomic E-state index is 11.5. The van der Waals surface area contributed by atoms with Crippen molar-refractivity contribution < 1.29 is 9.53 Å².